The molecule has 10 heteroatoms. The Bertz CT molecular complexity index is 1810. The zero-order valence-corrected chi connectivity index (χ0v) is 25.5. The molecule has 6 aromatic rings. The number of aromatic amines is 1. The van der Waals surface area contributed by atoms with Crippen LogP contribution in [-0.2, 0) is 18.9 Å². The predicted molar refractivity (Wildman–Crippen MR) is 171 cm³/mol. The van der Waals surface area contributed by atoms with E-state index in [1.165, 1.54) is 0 Å². The first kappa shape index (κ1) is 30.1. The summed E-state index contributed by atoms with van der Waals surface area (Å²) in [6.45, 7) is 4.33. The van der Waals surface area contributed by atoms with Crippen molar-refractivity contribution in [1.29, 1.82) is 0 Å². The number of tetrazole rings is 1. The molecule has 0 bridgehead atoms. The van der Waals surface area contributed by atoms with E-state index in [1.807, 2.05) is 67.6 Å². The van der Waals surface area contributed by atoms with Crippen molar-refractivity contribution in [1.82, 2.24) is 40.0 Å². The molecule has 0 aliphatic carbocycles. The molecule has 8 nitrogen and oxygen atoms in total. The first-order valence-corrected chi connectivity index (χ1v) is 15.5. The van der Waals surface area contributed by atoms with Gasteiger partial charge >= 0.3 is 5.92 Å². The van der Waals surface area contributed by atoms with Gasteiger partial charge in [-0.15, -0.1) is 10.2 Å². The first-order valence-electron chi connectivity index (χ1n) is 15.5. The maximum Gasteiger partial charge on any atom is 0.308 e. The van der Waals surface area contributed by atoms with Crippen LogP contribution < -0.4 is 0 Å². The van der Waals surface area contributed by atoms with Gasteiger partial charge in [-0.1, -0.05) is 99.5 Å². The molecule has 3 aromatic carbocycles. The molecule has 0 amide bonds. The number of alkyl halides is 2. The molecule has 0 saturated heterocycles. The van der Waals surface area contributed by atoms with Crippen molar-refractivity contribution in [2.24, 2.45) is 0 Å². The van der Waals surface area contributed by atoms with Crippen molar-refractivity contribution in [3.63, 3.8) is 0 Å². The molecule has 0 radical (unpaired) electrons. The highest BCUT2D eigenvalue weighted by molar-refractivity contribution is 5.86. The summed E-state index contributed by atoms with van der Waals surface area (Å²) in [5, 5.41) is 19.3. The van der Waals surface area contributed by atoms with Crippen LogP contribution in [0.3, 0.4) is 0 Å². The second-order valence-electron chi connectivity index (χ2n) is 11.2. The monoisotopic (exact) mass is 606 g/mol. The summed E-state index contributed by atoms with van der Waals surface area (Å²) in [5.41, 5.74) is 6.70. The summed E-state index contributed by atoms with van der Waals surface area (Å²) < 4.78 is 33.7. The van der Waals surface area contributed by atoms with E-state index in [-0.39, 0.29) is 12.2 Å². The fraction of sp³-hybridized carbons (Fsp3) is 0.286. The van der Waals surface area contributed by atoms with Gasteiger partial charge < -0.3 is 4.57 Å². The van der Waals surface area contributed by atoms with Crippen LogP contribution in [0.2, 0.25) is 0 Å². The lowest BCUT2D eigenvalue weighted by Crippen LogP contribution is -2.16. The highest BCUT2D eigenvalue weighted by Gasteiger charge is 2.36. The Hall–Kier alpha value is -4.99. The maximum absolute atomic E-state index is 14.9. The van der Waals surface area contributed by atoms with Crippen molar-refractivity contribution in [2.45, 2.75) is 64.8 Å². The van der Waals surface area contributed by atoms with Crippen LogP contribution in [-0.4, -0.2) is 40.0 Å². The normalized spacial score (nSPS) is 11.7. The number of H-pyrrole nitrogens is 1. The number of hydrogen-bond donors (Lipinski definition) is 1. The summed E-state index contributed by atoms with van der Waals surface area (Å²) in [6, 6.07) is 30.6. The van der Waals surface area contributed by atoms with Crippen LogP contribution >= 0.6 is 0 Å². The molecular weight excluding hydrogens is 570 g/mol. The van der Waals surface area contributed by atoms with Crippen LogP contribution in [0.5, 0.6) is 0 Å². The van der Waals surface area contributed by atoms with Gasteiger partial charge in [0.2, 0.25) is 5.82 Å². The number of benzene rings is 3. The van der Waals surface area contributed by atoms with E-state index in [0.29, 0.717) is 37.5 Å². The SMILES string of the molecule is CCCCc1nc(C(F)(F)CCCC)nn1Cc1ccc(-n2c(-c3ccccc3)cc(-c3ccccc3)c2-c2nnn[nH]2)cc1. The Morgan fingerprint density at radius 2 is 1.51 bits per heavy atom. The minimum absolute atomic E-state index is 0.246. The largest absolute Gasteiger partial charge is 0.308 e. The summed E-state index contributed by atoms with van der Waals surface area (Å²) in [6.07, 6.45) is 3.28. The average molecular weight is 607 g/mol. The Balaban J connectivity index is 1.41. The third kappa shape index (κ3) is 6.45. The van der Waals surface area contributed by atoms with Crippen LogP contribution in [0.15, 0.2) is 91.0 Å². The fourth-order valence-corrected chi connectivity index (χ4v) is 5.54. The van der Waals surface area contributed by atoms with E-state index in [2.05, 4.69) is 72.5 Å². The lowest BCUT2D eigenvalue weighted by Gasteiger charge is -2.14. The number of unbranched alkanes of at least 4 members (excludes halogenated alkanes) is 2. The summed E-state index contributed by atoms with van der Waals surface area (Å²) in [4.78, 5) is 4.33. The summed E-state index contributed by atoms with van der Waals surface area (Å²) in [7, 11) is 0. The Morgan fingerprint density at radius 3 is 2.16 bits per heavy atom. The molecular formula is C35H36F2N8. The Labute approximate surface area is 261 Å². The highest BCUT2D eigenvalue weighted by atomic mass is 19.3. The molecule has 45 heavy (non-hydrogen) atoms. The quantitative estimate of drug-likeness (QED) is 0.143. The minimum Gasteiger partial charge on any atom is -0.306 e. The molecule has 1 N–H and O–H groups in total. The van der Waals surface area contributed by atoms with Crippen molar-refractivity contribution < 1.29 is 8.78 Å². The summed E-state index contributed by atoms with van der Waals surface area (Å²) in [5.74, 6) is -2.29. The van der Waals surface area contributed by atoms with E-state index >= 15 is 0 Å². The molecule has 0 fully saturated rings. The Morgan fingerprint density at radius 1 is 0.822 bits per heavy atom. The van der Waals surface area contributed by atoms with Crippen molar-refractivity contribution in [3.8, 4) is 39.6 Å². The number of nitrogens with zero attached hydrogens (tertiary/aromatic N) is 7. The zero-order valence-electron chi connectivity index (χ0n) is 25.5. The third-order valence-electron chi connectivity index (χ3n) is 7.93. The lowest BCUT2D eigenvalue weighted by atomic mass is 10.0. The molecule has 3 aromatic heterocycles. The number of aromatic nitrogens is 8. The fourth-order valence-electron chi connectivity index (χ4n) is 5.54. The van der Waals surface area contributed by atoms with Gasteiger partial charge in [-0.3, -0.25) is 0 Å². The molecule has 230 valence electrons. The van der Waals surface area contributed by atoms with Crippen LogP contribution in [0.4, 0.5) is 8.78 Å². The predicted octanol–water partition coefficient (Wildman–Crippen LogP) is 8.26. The van der Waals surface area contributed by atoms with E-state index in [1.54, 1.807) is 4.68 Å². The molecule has 0 spiro atoms. The lowest BCUT2D eigenvalue weighted by molar-refractivity contribution is -0.0245. The number of hydrogen-bond acceptors (Lipinski definition) is 5. The molecule has 0 atom stereocenters. The number of aryl methyl sites for hydroxylation is 1. The highest BCUT2D eigenvalue weighted by Crippen LogP contribution is 2.40. The minimum atomic E-state index is -3.04. The molecule has 0 saturated carbocycles. The average Bonchev–Trinajstić information content (AvgIpc) is 3.83. The number of rotatable bonds is 13. The van der Waals surface area contributed by atoms with Gasteiger partial charge in [0.25, 0.3) is 0 Å². The molecule has 3 heterocycles. The van der Waals surface area contributed by atoms with Gasteiger partial charge in [-0.05, 0) is 58.2 Å². The molecule has 0 aliphatic rings. The van der Waals surface area contributed by atoms with Crippen molar-refractivity contribution in [2.75, 3.05) is 0 Å². The second kappa shape index (κ2) is 13.3. The molecule has 6 rings (SSSR count). The van der Waals surface area contributed by atoms with Gasteiger partial charge in [0.15, 0.2) is 5.82 Å². The summed E-state index contributed by atoms with van der Waals surface area (Å²) >= 11 is 0. The molecule has 0 unspecified atom stereocenters. The smallest absolute Gasteiger partial charge is 0.306 e. The number of nitrogens with one attached hydrogen (secondary N) is 1. The van der Waals surface area contributed by atoms with E-state index in [9.17, 15) is 8.78 Å². The van der Waals surface area contributed by atoms with E-state index in [0.717, 1.165) is 52.2 Å². The molecule has 0 aliphatic heterocycles. The maximum atomic E-state index is 14.9. The van der Waals surface area contributed by atoms with Gasteiger partial charge in [0.05, 0.1) is 12.2 Å². The Kier molecular flexibility index (Phi) is 8.91. The van der Waals surface area contributed by atoms with Gasteiger partial charge in [0.1, 0.15) is 11.5 Å². The van der Waals surface area contributed by atoms with E-state index < -0.39 is 5.92 Å². The first-order chi connectivity index (χ1) is 22.0. The topological polar surface area (TPSA) is 90.1 Å². The van der Waals surface area contributed by atoms with Gasteiger partial charge in [-0.25, -0.2) is 14.8 Å². The van der Waals surface area contributed by atoms with Crippen LogP contribution in [0, 0.1) is 0 Å². The van der Waals surface area contributed by atoms with Gasteiger partial charge in [0, 0.05) is 24.1 Å². The van der Waals surface area contributed by atoms with Crippen molar-refractivity contribution >= 4 is 0 Å². The van der Waals surface area contributed by atoms with Crippen LogP contribution in [0.1, 0.15) is 63.2 Å². The van der Waals surface area contributed by atoms with Gasteiger partial charge in [-0.2, -0.15) is 8.78 Å². The van der Waals surface area contributed by atoms with Crippen molar-refractivity contribution in [3.05, 3.63) is 108 Å². The number of halogens is 2. The zero-order chi connectivity index (χ0) is 31.2. The van der Waals surface area contributed by atoms with E-state index in [4.69, 9.17) is 0 Å². The second-order valence-corrected chi connectivity index (χ2v) is 11.2. The van der Waals surface area contributed by atoms with Crippen LogP contribution in [0.25, 0.3) is 39.6 Å². The third-order valence-corrected chi connectivity index (χ3v) is 7.93. The standard InChI is InChI=1S/C35H36F2N8/c1-3-5-17-31-38-34(35(36,37)22-6-4-2)41-44(31)24-25-18-20-28(21-19-25)45-30(27-15-11-8-12-16-27)23-29(26-13-9-7-10-14-26)32(45)33-39-42-43-40-33/h7-16,18-21,23H,3-6,17,22,24H2,1-2H3,(H,39,40,42,43).